The molecule has 0 fully saturated rings. The van der Waals surface area contributed by atoms with Gasteiger partial charge in [-0.1, -0.05) is 28.1 Å². The van der Waals surface area contributed by atoms with Crippen LogP contribution in [0.2, 0.25) is 0 Å². The summed E-state index contributed by atoms with van der Waals surface area (Å²) in [5, 5.41) is 1.92. The number of rotatable bonds is 5. The molecule has 0 amide bonds. The summed E-state index contributed by atoms with van der Waals surface area (Å²) in [5.74, 6) is 0.152. The number of Topliss-reactive ketones (excluding diaryl/α,β-unsaturated/α-hetero) is 1. The average molecular weight is 403 g/mol. The first-order valence-corrected chi connectivity index (χ1v) is 8.22. The molecule has 0 aliphatic carbocycles. The molecule has 0 saturated heterocycles. The minimum Gasteiger partial charge on any atom is -0.295 e. The molecule has 0 aliphatic heterocycles. The SMILES string of the molecule is CN(CC(=O)c1sccc1Br)Cc1cccc(Br)c1. The van der Waals surface area contributed by atoms with Gasteiger partial charge in [0.2, 0.25) is 0 Å². The highest BCUT2D eigenvalue weighted by molar-refractivity contribution is 9.10. The number of nitrogens with zero attached hydrogens (tertiary/aromatic N) is 1. The highest BCUT2D eigenvalue weighted by atomic mass is 79.9. The molecule has 0 N–H and O–H groups in total. The topological polar surface area (TPSA) is 20.3 Å². The van der Waals surface area contributed by atoms with Crippen LogP contribution < -0.4 is 0 Å². The monoisotopic (exact) mass is 401 g/mol. The van der Waals surface area contributed by atoms with Gasteiger partial charge in [0.15, 0.2) is 5.78 Å². The summed E-state index contributed by atoms with van der Waals surface area (Å²) in [6.07, 6.45) is 0. The lowest BCUT2D eigenvalue weighted by atomic mass is 10.2. The second-order valence-corrected chi connectivity index (χ2v) is 7.01. The largest absolute Gasteiger partial charge is 0.295 e. The van der Waals surface area contributed by atoms with Crippen molar-refractivity contribution in [2.75, 3.05) is 13.6 Å². The van der Waals surface area contributed by atoms with Gasteiger partial charge in [0, 0.05) is 15.5 Å². The van der Waals surface area contributed by atoms with Crippen molar-refractivity contribution in [2.45, 2.75) is 6.54 Å². The van der Waals surface area contributed by atoms with E-state index >= 15 is 0 Å². The van der Waals surface area contributed by atoms with Crippen molar-refractivity contribution in [3.05, 3.63) is 55.1 Å². The zero-order chi connectivity index (χ0) is 13.8. The number of likely N-dealkylation sites (N-methyl/N-ethyl adjacent to an activating group) is 1. The molecule has 0 unspecified atom stereocenters. The highest BCUT2D eigenvalue weighted by Gasteiger charge is 2.14. The van der Waals surface area contributed by atoms with E-state index in [0.717, 1.165) is 20.4 Å². The Hall–Kier alpha value is -0.490. The fourth-order valence-electron chi connectivity index (χ4n) is 1.81. The Labute approximate surface area is 133 Å². The van der Waals surface area contributed by atoms with Crippen LogP contribution in [0.5, 0.6) is 0 Å². The molecule has 0 atom stereocenters. The van der Waals surface area contributed by atoms with E-state index in [0.29, 0.717) is 6.54 Å². The maximum Gasteiger partial charge on any atom is 0.187 e. The molecule has 1 aromatic heterocycles. The van der Waals surface area contributed by atoms with Crippen LogP contribution in [0.1, 0.15) is 15.2 Å². The van der Waals surface area contributed by atoms with Crippen molar-refractivity contribution in [2.24, 2.45) is 0 Å². The molecule has 0 spiro atoms. The standard InChI is InChI=1S/C14H13Br2NOS/c1-17(8-10-3-2-4-11(15)7-10)9-13(18)14-12(16)5-6-19-14/h2-7H,8-9H2,1H3. The fraction of sp³-hybridized carbons (Fsp3) is 0.214. The molecule has 2 rings (SSSR count). The van der Waals surface area contributed by atoms with E-state index in [-0.39, 0.29) is 5.78 Å². The zero-order valence-electron chi connectivity index (χ0n) is 10.4. The molecule has 1 heterocycles. The Morgan fingerprint density at radius 3 is 2.74 bits per heavy atom. The van der Waals surface area contributed by atoms with Crippen LogP contribution in [0.3, 0.4) is 0 Å². The number of ketones is 1. The van der Waals surface area contributed by atoms with Gasteiger partial charge >= 0.3 is 0 Å². The number of carbonyl (C=O) groups is 1. The number of benzene rings is 1. The number of carbonyl (C=O) groups excluding carboxylic acids is 1. The van der Waals surface area contributed by atoms with Crippen LogP contribution >= 0.6 is 43.2 Å². The number of hydrogen-bond donors (Lipinski definition) is 0. The highest BCUT2D eigenvalue weighted by Crippen LogP contribution is 2.23. The minimum atomic E-state index is 0.152. The Morgan fingerprint density at radius 1 is 1.32 bits per heavy atom. The van der Waals surface area contributed by atoms with Crippen molar-refractivity contribution >= 4 is 49.0 Å². The third-order valence-corrected chi connectivity index (χ3v) is 5.00. The van der Waals surface area contributed by atoms with Gasteiger partial charge < -0.3 is 0 Å². The first kappa shape index (κ1) is 14.9. The molecule has 19 heavy (non-hydrogen) atoms. The summed E-state index contributed by atoms with van der Waals surface area (Å²) in [6, 6.07) is 10.0. The van der Waals surface area contributed by atoms with E-state index in [4.69, 9.17) is 0 Å². The minimum absolute atomic E-state index is 0.152. The molecule has 0 saturated carbocycles. The van der Waals surface area contributed by atoms with Gasteiger partial charge in [-0.05, 0) is 52.1 Å². The van der Waals surface area contributed by atoms with E-state index in [1.165, 1.54) is 16.9 Å². The maximum atomic E-state index is 12.1. The van der Waals surface area contributed by atoms with Crippen LogP contribution in [0.4, 0.5) is 0 Å². The third kappa shape index (κ3) is 4.24. The molecule has 2 nitrogen and oxygen atoms in total. The Balaban J connectivity index is 1.96. The fourth-order valence-corrected chi connectivity index (χ4v) is 3.78. The number of thiophene rings is 1. The Kier molecular flexibility index (Phi) is 5.33. The van der Waals surface area contributed by atoms with Gasteiger partial charge in [0.1, 0.15) is 0 Å². The lowest BCUT2D eigenvalue weighted by Gasteiger charge is -2.15. The van der Waals surface area contributed by atoms with Gasteiger partial charge in [0.05, 0.1) is 11.4 Å². The van der Waals surface area contributed by atoms with Crippen molar-refractivity contribution in [1.82, 2.24) is 4.90 Å². The van der Waals surface area contributed by atoms with E-state index in [1.54, 1.807) is 0 Å². The van der Waals surface area contributed by atoms with Crippen molar-refractivity contribution < 1.29 is 4.79 Å². The van der Waals surface area contributed by atoms with Crippen molar-refractivity contribution in [3.63, 3.8) is 0 Å². The summed E-state index contributed by atoms with van der Waals surface area (Å²) in [4.78, 5) is 14.9. The van der Waals surface area contributed by atoms with Gasteiger partial charge in [-0.25, -0.2) is 0 Å². The predicted octanol–water partition coefficient (Wildman–Crippen LogP) is 4.59. The second-order valence-electron chi connectivity index (χ2n) is 4.32. The van der Waals surface area contributed by atoms with E-state index in [2.05, 4.69) is 44.0 Å². The van der Waals surface area contributed by atoms with Crippen LogP contribution in [0, 0.1) is 0 Å². The van der Waals surface area contributed by atoms with Crippen LogP contribution in [0.15, 0.2) is 44.7 Å². The molecular weight excluding hydrogens is 390 g/mol. The first-order chi connectivity index (χ1) is 9.06. The first-order valence-electron chi connectivity index (χ1n) is 5.75. The van der Waals surface area contributed by atoms with E-state index in [1.807, 2.05) is 35.5 Å². The van der Waals surface area contributed by atoms with Crippen molar-refractivity contribution in [3.8, 4) is 0 Å². The molecule has 2 aromatic rings. The summed E-state index contributed by atoms with van der Waals surface area (Å²) in [5.41, 5.74) is 1.19. The molecule has 0 radical (unpaired) electrons. The Bertz CT molecular complexity index is 582. The van der Waals surface area contributed by atoms with Crippen molar-refractivity contribution in [1.29, 1.82) is 0 Å². The van der Waals surface area contributed by atoms with Crippen LogP contribution in [-0.2, 0) is 6.54 Å². The van der Waals surface area contributed by atoms with Gasteiger partial charge in [0.25, 0.3) is 0 Å². The number of hydrogen-bond acceptors (Lipinski definition) is 3. The van der Waals surface area contributed by atoms with Gasteiger partial charge in [-0.15, -0.1) is 11.3 Å². The third-order valence-electron chi connectivity index (χ3n) is 2.63. The quantitative estimate of drug-likeness (QED) is 0.681. The lowest BCUT2D eigenvalue weighted by molar-refractivity contribution is 0.0946. The van der Waals surface area contributed by atoms with E-state index < -0.39 is 0 Å². The second kappa shape index (κ2) is 6.79. The molecule has 0 aliphatic rings. The van der Waals surface area contributed by atoms with Crippen LogP contribution in [0.25, 0.3) is 0 Å². The summed E-state index contributed by atoms with van der Waals surface area (Å²) in [6.45, 7) is 1.18. The predicted molar refractivity (Wildman–Crippen MR) is 86.8 cm³/mol. The molecule has 5 heteroatoms. The summed E-state index contributed by atoms with van der Waals surface area (Å²) in [7, 11) is 1.96. The van der Waals surface area contributed by atoms with Gasteiger partial charge in [-0.2, -0.15) is 0 Å². The summed E-state index contributed by atoms with van der Waals surface area (Å²) >= 11 is 8.33. The van der Waals surface area contributed by atoms with E-state index in [9.17, 15) is 4.79 Å². The number of halogens is 2. The molecule has 100 valence electrons. The lowest BCUT2D eigenvalue weighted by Crippen LogP contribution is -2.25. The molecule has 1 aromatic carbocycles. The normalized spacial score (nSPS) is 10.9. The average Bonchev–Trinajstić information content (AvgIpc) is 2.75. The Morgan fingerprint density at radius 2 is 2.11 bits per heavy atom. The van der Waals surface area contributed by atoms with Gasteiger partial charge in [-0.3, -0.25) is 9.69 Å². The summed E-state index contributed by atoms with van der Waals surface area (Å²) < 4.78 is 1.95. The van der Waals surface area contributed by atoms with Crippen LogP contribution in [-0.4, -0.2) is 24.3 Å². The molecular formula is C14H13Br2NOS. The zero-order valence-corrected chi connectivity index (χ0v) is 14.4. The maximum absolute atomic E-state index is 12.1. The smallest absolute Gasteiger partial charge is 0.187 e. The molecule has 0 bridgehead atoms.